The summed E-state index contributed by atoms with van der Waals surface area (Å²) in [5.41, 5.74) is -0.147. The minimum Gasteiger partial charge on any atom is -0.508 e. The van der Waals surface area contributed by atoms with Gasteiger partial charge in [-0.15, -0.1) is 0 Å². The Labute approximate surface area is 542 Å². The Kier molecular flexibility index (Phi) is 25.3. The predicted molar refractivity (Wildman–Crippen MR) is 347 cm³/mol. The number of benzene rings is 4. The van der Waals surface area contributed by atoms with Crippen molar-refractivity contribution in [3.63, 3.8) is 0 Å². The largest absolute Gasteiger partial charge is 0.508 e. The van der Waals surface area contributed by atoms with E-state index in [1.165, 1.54) is 56.0 Å². The number of hydrogen-bond donors (Lipinski definition) is 2. The first kappa shape index (κ1) is 73.2. The Morgan fingerprint density at radius 3 is 1.01 bits per heavy atom. The summed E-state index contributed by atoms with van der Waals surface area (Å²) in [5, 5.41) is 12.1. The Morgan fingerprint density at radius 1 is 0.449 bits per heavy atom. The molecule has 0 radical (unpaired) electrons. The number of carbonyl (C=O) groups excluding carboxylic acids is 4. The van der Waals surface area contributed by atoms with Crippen LogP contribution in [-0.2, 0) is 67.8 Å². The molecule has 5 aliphatic rings. The van der Waals surface area contributed by atoms with Crippen molar-refractivity contribution in [2.75, 3.05) is 102 Å². The minimum absolute atomic E-state index is 0.00979. The maximum Gasteiger partial charge on any atom is 0.494 e. The van der Waals surface area contributed by atoms with E-state index in [0.717, 1.165) is 14.4 Å². The van der Waals surface area contributed by atoms with Crippen LogP contribution < -0.4 is 10.8 Å². The summed E-state index contributed by atoms with van der Waals surface area (Å²) in [5.74, 6) is -1.74. The van der Waals surface area contributed by atoms with Crippen molar-refractivity contribution in [1.29, 1.82) is 0 Å². The van der Waals surface area contributed by atoms with Gasteiger partial charge in [0.2, 0.25) is 23.6 Å². The van der Waals surface area contributed by atoms with Gasteiger partial charge in [-0.05, 0) is 160 Å². The lowest BCUT2D eigenvalue weighted by Gasteiger charge is -2.36. The van der Waals surface area contributed by atoms with Gasteiger partial charge in [-0.1, -0.05) is 44.0 Å². The number of carbonyl (C=O) groups is 4. The second-order valence-electron chi connectivity index (χ2n) is 24.0. The van der Waals surface area contributed by atoms with E-state index in [2.05, 4.69) is 37.2 Å². The molecule has 5 fully saturated rings. The van der Waals surface area contributed by atoms with Crippen LogP contribution in [0, 0.1) is 0 Å². The van der Waals surface area contributed by atoms with E-state index >= 15 is 0 Å². The number of phenolic OH excluding ortho intramolecular Hbond substituents is 1. The zero-order valence-electron chi connectivity index (χ0n) is 52.0. The van der Waals surface area contributed by atoms with Gasteiger partial charge >= 0.3 is 7.12 Å². The molecule has 4 aromatic rings. The highest BCUT2D eigenvalue weighted by Crippen LogP contribution is 2.36. The highest BCUT2D eigenvalue weighted by atomic mass is 79.9. The van der Waals surface area contributed by atoms with E-state index in [4.69, 9.17) is 9.31 Å². The molecular weight excluding hydrogens is 1360 g/mol. The van der Waals surface area contributed by atoms with Crippen LogP contribution in [0.1, 0.15) is 69.2 Å². The van der Waals surface area contributed by atoms with Crippen molar-refractivity contribution in [2.24, 2.45) is 0 Å². The van der Waals surface area contributed by atoms with Gasteiger partial charge in [0.15, 0.2) is 39.3 Å². The fraction of sp³-hybridized carbons (Fsp3) is 0.525. The number of piperazine rings is 4. The second-order valence-corrected chi connectivity index (χ2v) is 33.7. The number of aromatic hydroxyl groups is 1. The second kappa shape index (κ2) is 30.7. The minimum atomic E-state index is -3.61. The fourth-order valence-electron chi connectivity index (χ4n) is 9.56. The van der Waals surface area contributed by atoms with E-state index in [0.29, 0.717) is 58.4 Å². The zero-order valence-corrected chi connectivity index (χ0v) is 58.5. The molecule has 4 aromatic carbocycles. The third-order valence-electron chi connectivity index (χ3n) is 16.0. The molecule has 30 heteroatoms. The number of halogens is 2. The molecule has 0 bridgehead atoms. The van der Waals surface area contributed by atoms with E-state index in [1.807, 2.05) is 83.9 Å². The van der Waals surface area contributed by atoms with Crippen LogP contribution in [0.15, 0.2) is 126 Å². The van der Waals surface area contributed by atoms with Crippen LogP contribution in [0.25, 0.3) is 0 Å². The van der Waals surface area contributed by atoms with Crippen molar-refractivity contribution in [3.05, 3.63) is 106 Å². The monoisotopic (exact) mass is 1440 g/mol. The molecule has 0 atom stereocenters. The van der Waals surface area contributed by atoms with Gasteiger partial charge in [0.25, 0.3) is 0 Å². The number of amides is 4. The van der Waals surface area contributed by atoms with Crippen molar-refractivity contribution in [2.45, 2.75) is 118 Å². The molecule has 490 valence electrons. The van der Waals surface area contributed by atoms with Crippen LogP contribution in [0.3, 0.4) is 0 Å². The normalized spacial score (nSPS) is 19.0. The molecule has 4 amide bonds. The summed E-state index contributed by atoms with van der Waals surface area (Å²) in [7, 11) is -14.7. The molecule has 5 aliphatic heterocycles. The molecule has 9 rings (SSSR count). The van der Waals surface area contributed by atoms with Gasteiger partial charge in [-0.2, -0.15) is 0 Å². The summed E-state index contributed by atoms with van der Waals surface area (Å²) < 4.78 is 113. The van der Waals surface area contributed by atoms with Gasteiger partial charge in [0.05, 0.1) is 57.0 Å². The average Bonchev–Trinajstić information content (AvgIpc) is 2.81. The molecule has 89 heavy (non-hydrogen) atoms. The molecule has 0 spiro atoms. The van der Waals surface area contributed by atoms with Gasteiger partial charge in [-0.25, -0.2) is 33.7 Å². The average molecular weight is 1440 g/mol. The molecule has 0 unspecified atom stereocenters. The van der Waals surface area contributed by atoms with Crippen molar-refractivity contribution in [3.8, 4) is 5.75 Å². The maximum atomic E-state index is 12.8. The quantitative estimate of drug-likeness (QED) is 0.148. The van der Waals surface area contributed by atoms with Gasteiger partial charge in [-0.3, -0.25) is 33.9 Å². The lowest BCUT2D eigenvalue weighted by atomic mass is 9.79. The lowest BCUT2D eigenvalue weighted by molar-refractivity contribution is -0.136. The molecule has 23 nitrogen and oxygen atoms in total. The van der Waals surface area contributed by atoms with Crippen LogP contribution in [0.5, 0.6) is 5.75 Å². The van der Waals surface area contributed by atoms with Gasteiger partial charge < -0.3 is 39.3 Å². The topological polar surface area (TPSA) is 278 Å². The Morgan fingerprint density at radius 2 is 0.730 bits per heavy atom. The molecule has 0 saturated carbocycles. The first-order valence-corrected chi connectivity index (χ1v) is 37.3. The lowest BCUT2D eigenvalue weighted by Crippen LogP contribution is -2.53. The number of hydrogen-bond acceptors (Lipinski definition) is 19. The molecule has 5 heterocycles. The third kappa shape index (κ3) is 20.3. The van der Waals surface area contributed by atoms with E-state index in [9.17, 15) is 58.0 Å². The maximum absolute atomic E-state index is 12.8. The Hall–Kier alpha value is -4.86. The SMILES string of the molecule is CC(C)N1CCN(CS(=O)(=O)c2ccc(B3OC(C)(C)C(C)(C)O3)cc2)C(=O)C1.CC(C)N1CCN(CS(=O)(=O)c2ccc(Br)cc2)C(=O)C1.CC(C)N1CCN(CS(=O)(=O)c2ccc(O)cc2)C(=O)C1.O=C1CNCCN1CS(=O)(=O)c1ccc(Br)cc1. The number of nitrogens with zero attached hydrogens (tertiary/aromatic N) is 7. The summed E-state index contributed by atoms with van der Waals surface area (Å²) in [4.78, 5) is 60.5. The Bertz CT molecular complexity index is 3440. The van der Waals surface area contributed by atoms with Crippen LogP contribution in [-0.4, -0.2) is 235 Å². The molecular formula is C59H83BBr2N8O15S4. The van der Waals surface area contributed by atoms with Gasteiger partial charge in [0.1, 0.15) is 29.3 Å². The molecule has 0 aliphatic carbocycles. The predicted octanol–water partition coefficient (Wildman–Crippen LogP) is 4.29. The summed E-state index contributed by atoms with van der Waals surface area (Å²) in [6.45, 7) is 25.4. The van der Waals surface area contributed by atoms with Crippen molar-refractivity contribution in [1.82, 2.24) is 39.6 Å². The first-order chi connectivity index (χ1) is 41.4. The number of nitrogens with one attached hydrogen (secondary N) is 1. The Balaban J connectivity index is 0.000000192. The highest BCUT2D eigenvalue weighted by molar-refractivity contribution is 9.10. The molecule has 2 N–H and O–H groups in total. The standard InChI is InChI=1S/C20H31BN2O5S.C14H19BrN2O3S.C14H20N2O4S.C11H13BrN2O3S/c1-15(2)22-11-12-23(18(24)13-22)14-29(25,26)17-9-7-16(8-10-17)21-27-19(3,4)20(5,6)28-21;1-11(2)16-7-8-17(14(18)9-16)10-21(19,20)13-5-3-12(15)4-6-13;1-11(2)15-7-8-16(14(18)9-15)10-21(19,20)13-5-3-12(17)4-6-13;12-9-1-3-10(4-2-9)18(16,17)8-14-6-5-13-7-11(14)15/h7-10,15H,11-14H2,1-6H3;3-6,11H,7-10H2,1-2H3;3-6,11,17H,7-10H2,1-2H3;1-4,13H,5-8H2. The summed E-state index contributed by atoms with van der Waals surface area (Å²) >= 11 is 6.53. The van der Waals surface area contributed by atoms with E-state index in [-0.39, 0.29) is 111 Å². The van der Waals surface area contributed by atoms with E-state index < -0.39 is 57.7 Å². The van der Waals surface area contributed by atoms with Crippen molar-refractivity contribution < 1.29 is 67.3 Å². The zero-order chi connectivity index (χ0) is 66.0. The highest BCUT2D eigenvalue weighted by Gasteiger charge is 2.52. The van der Waals surface area contributed by atoms with Crippen LogP contribution in [0.2, 0.25) is 0 Å². The summed E-state index contributed by atoms with van der Waals surface area (Å²) in [6.07, 6.45) is 0. The number of phenols is 1. The van der Waals surface area contributed by atoms with Gasteiger partial charge in [0, 0.05) is 79.4 Å². The smallest absolute Gasteiger partial charge is 0.494 e. The molecule has 5 saturated heterocycles. The number of rotatable bonds is 16. The summed E-state index contributed by atoms with van der Waals surface area (Å²) in [6, 6.07) is 25.6. The fourth-order valence-corrected chi connectivity index (χ4v) is 15.6. The molecule has 0 aromatic heterocycles. The van der Waals surface area contributed by atoms with Crippen molar-refractivity contribution >= 4 is 107 Å². The van der Waals surface area contributed by atoms with Crippen LogP contribution >= 0.6 is 31.9 Å². The van der Waals surface area contributed by atoms with E-state index in [1.54, 1.807) is 60.7 Å². The number of sulfone groups is 4. The third-order valence-corrected chi connectivity index (χ3v) is 23.7. The first-order valence-electron chi connectivity index (χ1n) is 29.1. The van der Waals surface area contributed by atoms with Crippen LogP contribution in [0.4, 0.5) is 0 Å².